The molecule has 1 N–H and O–H groups in total. The molecule has 9 nitrogen and oxygen atoms in total. The van der Waals surface area contributed by atoms with Gasteiger partial charge in [0.2, 0.25) is 0 Å². The number of benzene rings is 2. The first-order valence-electron chi connectivity index (χ1n) is 16.1. The van der Waals surface area contributed by atoms with E-state index in [9.17, 15) is 5.11 Å². The first kappa shape index (κ1) is 34.6. The first-order chi connectivity index (χ1) is 21.5. The van der Waals surface area contributed by atoms with Gasteiger partial charge >= 0.3 is 0 Å². The molecule has 0 unspecified atom stereocenters. The van der Waals surface area contributed by atoms with Crippen LogP contribution in [0.25, 0.3) is 0 Å². The molecule has 246 valence electrons. The van der Waals surface area contributed by atoms with Crippen molar-refractivity contribution in [3.05, 3.63) is 59.2 Å². The zero-order valence-electron chi connectivity index (χ0n) is 27.1. The van der Waals surface area contributed by atoms with E-state index < -0.39 is 6.10 Å². The molecule has 0 bridgehead atoms. The Morgan fingerprint density at radius 1 is 0.864 bits per heavy atom. The lowest BCUT2D eigenvalue weighted by Crippen LogP contribution is -2.39. The number of anilines is 1. The molecule has 1 fully saturated rings. The minimum atomic E-state index is -0.661. The molecule has 5 atom stereocenters. The van der Waals surface area contributed by atoms with Gasteiger partial charge in [-0.2, -0.15) is 0 Å². The number of ether oxygens (including phenoxy) is 7. The third-order valence-corrected chi connectivity index (χ3v) is 8.35. The highest BCUT2D eigenvalue weighted by Crippen LogP contribution is 2.39. The Labute approximate surface area is 263 Å². The highest BCUT2D eigenvalue weighted by Gasteiger charge is 2.36. The summed E-state index contributed by atoms with van der Waals surface area (Å²) >= 11 is 0. The molecule has 0 saturated heterocycles. The van der Waals surface area contributed by atoms with Gasteiger partial charge < -0.3 is 43.2 Å². The van der Waals surface area contributed by atoms with Gasteiger partial charge in [0.15, 0.2) is 0 Å². The van der Waals surface area contributed by atoms with Crippen LogP contribution in [-0.4, -0.2) is 97.5 Å². The fourth-order valence-corrected chi connectivity index (χ4v) is 6.19. The highest BCUT2D eigenvalue weighted by atomic mass is 16.5. The van der Waals surface area contributed by atoms with Crippen LogP contribution in [0.5, 0.6) is 5.75 Å². The third-order valence-electron chi connectivity index (χ3n) is 8.35. The Morgan fingerprint density at radius 2 is 1.61 bits per heavy atom. The summed E-state index contributed by atoms with van der Waals surface area (Å²) in [4.78, 5) is 2.38. The lowest BCUT2D eigenvalue weighted by molar-refractivity contribution is -0.0928. The van der Waals surface area contributed by atoms with E-state index in [0.717, 1.165) is 67.9 Å². The van der Waals surface area contributed by atoms with E-state index in [2.05, 4.69) is 54.3 Å². The van der Waals surface area contributed by atoms with Crippen molar-refractivity contribution in [1.29, 1.82) is 0 Å². The van der Waals surface area contributed by atoms with Crippen molar-refractivity contribution < 1.29 is 38.3 Å². The van der Waals surface area contributed by atoms with Crippen LogP contribution in [0.1, 0.15) is 55.2 Å². The normalized spacial score (nSPS) is 21.5. The van der Waals surface area contributed by atoms with Crippen LogP contribution in [0.2, 0.25) is 0 Å². The maximum absolute atomic E-state index is 10.3. The van der Waals surface area contributed by atoms with Gasteiger partial charge in [0.05, 0.1) is 64.1 Å². The molecule has 1 heterocycles. The van der Waals surface area contributed by atoms with E-state index in [4.69, 9.17) is 33.2 Å². The van der Waals surface area contributed by atoms with Gasteiger partial charge in [-0.1, -0.05) is 37.3 Å². The number of hydrogen-bond donors (Lipinski definition) is 1. The summed E-state index contributed by atoms with van der Waals surface area (Å²) < 4.78 is 40.5. The third kappa shape index (κ3) is 10.4. The topological polar surface area (TPSA) is 88.1 Å². The monoisotopic (exact) mass is 615 g/mol. The molecule has 0 spiro atoms. The Hall–Kier alpha value is -2.24. The van der Waals surface area contributed by atoms with Crippen molar-refractivity contribution in [3.63, 3.8) is 0 Å². The summed E-state index contributed by atoms with van der Waals surface area (Å²) in [5.74, 6) is 1.32. The first-order valence-corrected chi connectivity index (χ1v) is 16.1. The Kier molecular flexibility index (Phi) is 14.7. The van der Waals surface area contributed by atoms with Crippen molar-refractivity contribution >= 4 is 5.69 Å². The second-order valence-electron chi connectivity index (χ2n) is 12.1. The highest BCUT2D eigenvalue weighted by molar-refractivity contribution is 5.61. The molecule has 9 heteroatoms. The SMILES string of the molecule is COCCCN1CCOc2ccc(CO[C@H]3CCC[C@@H](OC[C@@H](O)COC)[C@@H]3c3ccc(COC[C@@H](C)COC)cc3)cc21. The Bertz CT molecular complexity index is 1080. The average Bonchev–Trinajstić information content (AvgIpc) is 3.03. The predicted octanol–water partition coefficient (Wildman–Crippen LogP) is 4.97. The fourth-order valence-electron chi connectivity index (χ4n) is 6.19. The molecular weight excluding hydrogens is 562 g/mol. The quantitative estimate of drug-likeness (QED) is 0.220. The van der Waals surface area contributed by atoms with Crippen molar-refractivity contribution in [2.24, 2.45) is 5.92 Å². The summed E-state index contributed by atoms with van der Waals surface area (Å²) in [5.41, 5.74) is 4.56. The molecule has 2 aromatic rings. The van der Waals surface area contributed by atoms with E-state index >= 15 is 0 Å². The standard InChI is InChI=1S/C35H53NO8/c1-26(20-39-3)21-41-22-27-9-12-29(13-10-27)35-33(7-5-8-34(35)44-25-30(37)24-40-4)43-23-28-11-14-32-31(19-28)36(16-18-42-32)15-6-17-38-2/h9-14,19,26,30,33-35,37H,5-8,15-18,20-25H2,1-4H3/t26-,30-,33-,34+,35+/m0/s1. The van der Waals surface area contributed by atoms with Gasteiger partial charge in [0, 0.05) is 46.3 Å². The van der Waals surface area contributed by atoms with Gasteiger partial charge in [0.1, 0.15) is 18.5 Å². The van der Waals surface area contributed by atoms with Crippen LogP contribution in [-0.2, 0) is 41.6 Å². The lowest BCUT2D eigenvalue weighted by Gasteiger charge is -2.39. The Morgan fingerprint density at radius 3 is 2.36 bits per heavy atom. The number of aliphatic hydroxyl groups excluding tert-OH is 1. The summed E-state index contributed by atoms with van der Waals surface area (Å²) in [6.07, 6.45) is 3.10. The number of methoxy groups -OCH3 is 3. The zero-order valence-corrected chi connectivity index (χ0v) is 27.1. The van der Waals surface area contributed by atoms with Crippen molar-refractivity contribution in [2.45, 2.75) is 70.1 Å². The molecule has 0 aromatic heterocycles. The van der Waals surface area contributed by atoms with Gasteiger partial charge in [-0.25, -0.2) is 0 Å². The van der Waals surface area contributed by atoms with E-state index in [0.29, 0.717) is 39.0 Å². The molecule has 1 saturated carbocycles. The molecule has 1 aliphatic carbocycles. The minimum Gasteiger partial charge on any atom is -0.490 e. The average molecular weight is 616 g/mol. The van der Waals surface area contributed by atoms with Crippen LogP contribution in [0, 0.1) is 5.92 Å². The lowest BCUT2D eigenvalue weighted by atomic mass is 9.79. The van der Waals surface area contributed by atoms with Gasteiger partial charge in [-0.15, -0.1) is 0 Å². The van der Waals surface area contributed by atoms with E-state index in [1.165, 1.54) is 5.56 Å². The summed E-state index contributed by atoms with van der Waals surface area (Å²) in [7, 11) is 5.05. The van der Waals surface area contributed by atoms with Crippen LogP contribution in [0.3, 0.4) is 0 Å². The number of hydrogen-bond acceptors (Lipinski definition) is 9. The van der Waals surface area contributed by atoms with Crippen LogP contribution in [0.4, 0.5) is 5.69 Å². The van der Waals surface area contributed by atoms with Crippen molar-refractivity contribution in [3.8, 4) is 5.75 Å². The molecular formula is C35H53NO8. The number of nitrogens with zero attached hydrogens (tertiary/aromatic N) is 1. The van der Waals surface area contributed by atoms with E-state index in [-0.39, 0.29) is 31.3 Å². The maximum Gasteiger partial charge on any atom is 0.142 e. The zero-order chi connectivity index (χ0) is 31.1. The summed E-state index contributed by atoms with van der Waals surface area (Å²) in [6, 6.07) is 15.0. The number of fused-ring (bicyclic) bond motifs is 1. The molecule has 4 rings (SSSR count). The summed E-state index contributed by atoms with van der Waals surface area (Å²) in [6.45, 7) is 8.25. The van der Waals surface area contributed by atoms with Crippen LogP contribution in [0.15, 0.2) is 42.5 Å². The van der Waals surface area contributed by atoms with E-state index in [1.807, 2.05) is 0 Å². The maximum atomic E-state index is 10.3. The second kappa shape index (κ2) is 18.7. The van der Waals surface area contributed by atoms with Crippen molar-refractivity contribution in [1.82, 2.24) is 0 Å². The second-order valence-corrected chi connectivity index (χ2v) is 12.1. The Balaban J connectivity index is 1.45. The minimum absolute atomic E-state index is 0.0181. The fraction of sp³-hybridized carbons (Fsp3) is 0.657. The van der Waals surface area contributed by atoms with Gasteiger partial charge in [0.25, 0.3) is 0 Å². The molecule has 2 aliphatic rings. The van der Waals surface area contributed by atoms with Gasteiger partial charge in [-0.05, 0) is 54.5 Å². The van der Waals surface area contributed by atoms with Crippen LogP contribution >= 0.6 is 0 Å². The van der Waals surface area contributed by atoms with Crippen molar-refractivity contribution in [2.75, 3.05) is 79.0 Å². The molecule has 2 aromatic carbocycles. The molecule has 1 aliphatic heterocycles. The molecule has 0 radical (unpaired) electrons. The van der Waals surface area contributed by atoms with Crippen LogP contribution < -0.4 is 9.64 Å². The number of rotatable bonds is 19. The molecule has 0 amide bonds. The summed E-state index contributed by atoms with van der Waals surface area (Å²) in [5, 5.41) is 10.3. The molecule has 44 heavy (non-hydrogen) atoms. The number of aliphatic hydroxyl groups is 1. The largest absolute Gasteiger partial charge is 0.490 e. The predicted molar refractivity (Wildman–Crippen MR) is 171 cm³/mol. The smallest absolute Gasteiger partial charge is 0.142 e. The van der Waals surface area contributed by atoms with E-state index in [1.54, 1.807) is 21.3 Å². The van der Waals surface area contributed by atoms with Gasteiger partial charge in [-0.3, -0.25) is 0 Å².